The molecule has 3 rings (SSSR count). The summed E-state index contributed by atoms with van der Waals surface area (Å²) in [5, 5.41) is 9.86. The van der Waals surface area contributed by atoms with Gasteiger partial charge < -0.3 is 10.8 Å². The third-order valence-electron chi connectivity index (χ3n) is 6.65. The Balaban J connectivity index is 1.87. The molecule has 3 aliphatic rings. The molecule has 0 aliphatic heterocycles. The highest BCUT2D eigenvalue weighted by molar-refractivity contribution is 5.72. The summed E-state index contributed by atoms with van der Waals surface area (Å²) in [6, 6.07) is 0. The van der Waals surface area contributed by atoms with Crippen LogP contribution in [0.3, 0.4) is 0 Å². The van der Waals surface area contributed by atoms with Gasteiger partial charge in [0.2, 0.25) is 0 Å². The SMILES string of the molecule is CC(C)(C)C(C(=O)O)[C@]1(CN)C[C@H]2CC(C3CCCC3)=C[C@@H]21. The van der Waals surface area contributed by atoms with E-state index in [1.807, 2.05) is 20.8 Å². The molecular weight excluding hydrogens is 274 g/mol. The molecule has 1 unspecified atom stereocenters. The Morgan fingerprint density at radius 1 is 1.41 bits per heavy atom. The minimum Gasteiger partial charge on any atom is -0.481 e. The van der Waals surface area contributed by atoms with Crippen LogP contribution in [0.25, 0.3) is 0 Å². The lowest BCUT2D eigenvalue weighted by Crippen LogP contribution is -2.59. The third kappa shape index (κ3) is 2.33. The predicted octanol–water partition coefficient (Wildman–Crippen LogP) is 3.83. The summed E-state index contributed by atoms with van der Waals surface area (Å²) in [7, 11) is 0. The van der Waals surface area contributed by atoms with Crippen molar-refractivity contribution >= 4 is 5.97 Å². The lowest BCUT2D eigenvalue weighted by atomic mass is 9.46. The quantitative estimate of drug-likeness (QED) is 0.776. The first-order valence-corrected chi connectivity index (χ1v) is 8.93. The molecule has 2 saturated carbocycles. The van der Waals surface area contributed by atoms with Gasteiger partial charge in [-0.05, 0) is 55.4 Å². The average molecular weight is 305 g/mol. The normalized spacial score (nSPS) is 36.6. The first-order chi connectivity index (χ1) is 10.3. The van der Waals surface area contributed by atoms with Gasteiger partial charge in [0.05, 0.1) is 5.92 Å². The lowest BCUT2D eigenvalue weighted by Gasteiger charge is -2.58. The zero-order valence-corrected chi connectivity index (χ0v) is 14.3. The highest BCUT2D eigenvalue weighted by atomic mass is 16.4. The van der Waals surface area contributed by atoms with Crippen LogP contribution in [-0.2, 0) is 4.79 Å². The summed E-state index contributed by atoms with van der Waals surface area (Å²) in [4.78, 5) is 12.0. The van der Waals surface area contributed by atoms with Gasteiger partial charge in [0.15, 0.2) is 0 Å². The maximum absolute atomic E-state index is 12.0. The van der Waals surface area contributed by atoms with E-state index in [9.17, 15) is 9.90 Å². The fraction of sp³-hybridized carbons (Fsp3) is 0.842. The molecule has 0 aromatic carbocycles. The van der Waals surface area contributed by atoms with Crippen LogP contribution in [0.1, 0.15) is 59.3 Å². The molecule has 4 atom stereocenters. The Labute approximate surface area is 134 Å². The van der Waals surface area contributed by atoms with Crippen LogP contribution in [0.5, 0.6) is 0 Å². The minimum absolute atomic E-state index is 0.227. The smallest absolute Gasteiger partial charge is 0.307 e. The fourth-order valence-electron chi connectivity index (χ4n) is 5.89. The molecule has 0 aromatic rings. The van der Waals surface area contributed by atoms with Gasteiger partial charge in [-0.15, -0.1) is 0 Å². The van der Waals surface area contributed by atoms with Crippen LogP contribution < -0.4 is 5.73 Å². The molecule has 0 amide bonds. The first kappa shape index (κ1) is 16.0. The highest BCUT2D eigenvalue weighted by Gasteiger charge is 2.62. The van der Waals surface area contributed by atoms with Crippen LogP contribution in [0.4, 0.5) is 0 Å². The highest BCUT2D eigenvalue weighted by Crippen LogP contribution is 2.64. The van der Waals surface area contributed by atoms with Gasteiger partial charge in [0, 0.05) is 5.41 Å². The molecule has 124 valence electrons. The number of nitrogens with two attached hydrogens (primary N) is 1. The second kappa shape index (κ2) is 5.36. The van der Waals surface area contributed by atoms with Crippen LogP contribution in [0.2, 0.25) is 0 Å². The zero-order chi connectivity index (χ0) is 16.1. The van der Waals surface area contributed by atoms with Crippen molar-refractivity contribution in [3.63, 3.8) is 0 Å². The van der Waals surface area contributed by atoms with Crippen LogP contribution in [0, 0.1) is 34.5 Å². The van der Waals surface area contributed by atoms with Crippen LogP contribution >= 0.6 is 0 Å². The Kier molecular flexibility index (Phi) is 3.91. The molecule has 0 spiro atoms. The Morgan fingerprint density at radius 3 is 2.55 bits per heavy atom. The number of carbonyl (C=O) groups is 1. The number of hydrogen-bond acceptors (Lipinski definition) is 2. The summed E-state index contributed by atoms with van der Waals surface area (Å²) >= 11 is 0. The van der Waals surface area contributed by atoms with E-state index in [0.29, 0.717) is 18.4 Å². The largest absolute Gasteiger partial charge is 0.481 e. The topological polar surface area (TPSA) is 63.3 Å². The van der Waals surface area contributed by atoms with Gasteiger partial charge in [0.1, 0.15) is 0 Å². The number of carboxylic acids is 1. The summed E-state index contributed by atoms with van der Waals surface area (Å²) in [6.07, 6.45) is 10.0. The average Bonchev–Trinajstić information content (AvgIpc) is 3.01. The second-order valence-corrected chi connectivity index (χ2v) is 8.99. The molecule has 0 radical (unpaired) electrons. The molecule has 3 aliphatic carbocycles. The number of fused-ring (bicyclic) bond motifs is 1. The fourth-order valence-corrected chi connectivity index (χ4v) is 5.89. The van der Waals surface area contributed by atoms with Crippen LogP contribution in [0.15, 0.2) is 11.6 Å². The summed E-state index contributed by atoms with van der Waals surface area (Å²) < 4.78 is 0. The van der Waals surface area contributed by atoms with Crippen molar-refractivity contribution in [1.29, 1.82) is 0 Å². The minimum atomic E-state index is -0.667. The molecule has 0 aromatic heterocycles. The zero-order valence-electron chi connectivity index (χ0n) is 14.3. The van der Waals surface area contributed by atoms with Gasteiger partial charge >= 0.3 is 5.97 Å². The monoisotopic (exact) mass is 305 g/mol. The van der Waals surface area contributed by atoms with E-state index in [4.69, 9.17) is 5.73 Å². The van der Waals surface area contributed by atoms with Crippen molar-refractivity contribution in [3.05, 3.63) is 11.6 Å². The van der Waals surface area contributed by atoms with Crippen molar-refractivity contribution in [2.45, 2.75) is 59.3 Å². The van der Waals surface area contributed by atoms with Gasteiger partial charge in [-0.2, -0.15) is 0 Å². The van der Waals surface area contributed by atoms with E-state index in [1.165, 1.54) is 32.1 Å². The number of aliphatic carboxylic acids is 1. The molecule has 0 bridgehead atoms. The molecular formula is C19H31NO2. The third-order valence-corrected chi connectivity index (χ3v) is 6.65. The number of carboxylic acid groups (broad SMARTS) is 1. The number of rotatable bonds is 4. The van der Waals surface area contributed by atoms with Crippen molar-refractivity contribution in [3.8, 4) is 0 Å². The molecule has 2 fully saturated rings. The van der Waals surface area contributed by atoms with E-state index in [-0.39, 0.29) is 16.7 Å². The molecule has 0 saturated heterocycles. The lowest BCUT2D eigenvalue weighted by molar-refractivity contribution is -0.166. The maximum atomic E-state index is 12.0. The Morgan fingerprint density at radius 2 is 2.05 bits per heavy atom. The van der Waals surface area contributed by atoms with Crippen molar-refractivity contribution < 1.29 is 9.90 Å². The van der Waals surface area contributed by atoms with E-state index in [0.717, 1.165) is 12.3 Å². The first-order valence-electron chi connectivity index (χ1n) is 8.93. The summed E-state index contributed by atoms with van der Waals surface area (Å²) in [5.74, 6) is 0.806. The maximum Gasteiger partial charge on any atom is 0.307 e. The van der Waals surface area contributed by atoms with E-state index in [2.05, 4.69) is 6.08 Å². The number of allylic oxidation sites excluding steroid dienone is 2. The predicted molar refractivity (Wildman–Crippen MR) is 88.3 cm³/mol. The van der Waals surface area contributed by atoms with Crippen molar-refractivity contribution in [2.75, 3.05) is 6.54 Å². The van der Waals surface area contributed by atoms with Gasteiger partial charge in [-0.1, -0.05) is 45.3 Å². The Hall–Kier alpha value is -0.830. The Bertz CT molecular complexity index is 484. The second-order valence-electron chi connectivity index (χ2n) is 8.99. The van der Waals surface area contributed by atoms with E-state index >= 15 is 0 Å². The van der Waals surface area contributed by atoms with E-state index in [1.54, 1.807) is 5.57 Å². The molecule has 3 nitrogen and oxygen atoms in total. The van der Waals surface area contributed by atoms with Gasteiger partial charge in [-0.3, -0.25) is 4.79 Å². The summed E-state index contributed by atoms with van der Waals surface area (Å²) in [6.45, 7) is 6.64. The van der Waals surface area contributed by atoms with Crippen LogP contribution in [-0.4, -0.2) is 17.6 Å². The summed E-state index contributed by atoms with van der Waals surface area (Å²) in [5.41, 5.74) is 7.32. The van der Waals surface area contributed by atoms with Crippen molar-refractivity contribution in [1.82, 2.24) is 0 Å². The van der Waals surface area contributed by atoms with Gasteiger partial charge in [0.25, 0.3) is 0 Å². The molecule has 3 N–H and O–H groups in total. The molecule has 3 heteroatoms. The molecule has 0 heterocycles. The van der Waals surface area contributed by atoms with Crippen molar-refractivity contribution in [2.24, 2.45) is 40.2 Å². The van der Waals surface area contributed by atoms with Gasteiger partial charge in [-0.25, -0.2) is 0 Å². The standard InChI is InChI=1S/C19H31NO2/c1-18(2,3)16(17(21)22)19(11-20)10-14-8-13(9-15(14)19)12-6-4-5-7-12/h9,12,14-16H,4-8,10-11,20H2,1-3H3,(H,21,22)/t14-,15+,16?,19+/m1/s1. The van der Waals surface area contributed by atoms with E-state index < -0.39 is 5.97 Å². The molecule has 22 heavy (non-hydrogen) atoms. The number of hydrogen-bond donors (Lipinski definition) is 2.